The Morgan fingerprint density at radius 2 is 1.59 bits per heavy atom. The zero-order chi connectivity index (χ0) is 20.2. The molecule has 2 saturated heterocycles. The summed E-state index contributed by atoms with van der Waals surface area (Å²) in [7, 11) is 0. The van der Waals surface area contributed by atoms with Gasteiger partial charge in [-0.15, -0.1) is 0 Å². The van der Waals surface area contributed by atoms with E-state index in [2.05, 4.69) is 34.9 Å². The highest BCUT2D eigenvalue weighted by Gasteiger charge is 2.23. The van der Waals surface area contributed by atoms with Crippen molar-refractivity contribution in [2.75, 3.05) is 44.2 Å². The Bertz CT molecular complexity index is 838. The molecule has 0 atom stereocenters. The molecule has 2 aliphatic heterocycles. The summed E-state index contributed by atoms with van der Waals surface area (Å²) in [6.07, 6.45) is 3.96. The van der Waals surface area contributed by atoms with Crippen molar-refractivity contribution in [2.45, 2.75) is 32.7 Å². The van der Waals surface area contributed by atoms with Crippen LogP contribution in [0, 0.1) is 6.92 Å². The second-order valence-electron chi connectivity index (χ2n) is 8.24. The van der Waals surface area contributed by atoms with Crippen LogP contribution in [-0.4, -0.2) is 55.0 Å². The molecule has 2 aromatic rings. The number of amides is 1. The largest absolute Gasteiger partial charge is 0.368 e. The minimum atomic E-state index is 0.136. The van der Waals surface area contributed by atoms with E-state index in [0.717, 1.165) is 43.3 Å². The van der Waals surface area contributed by atoms with Crippen molar-refractivity contribution in [3.05, 3.63) is 64.2 Å². The number of carbonyl (C=O) groups is 1. The van der Waals surface area contributed by atoms with Crippen molar-refractivity contribution in [1.29, 1.82) is 0 Å². The van der Waals surface area contributed by atoms with Crippen LogP contribution >= 0.6 is 11.6 Å². The van der Waals surface area contributed by atoms with Crippen molar-refractivity contribution in [3.63, 3.8) is 0 Å². The van der Waals surface area contributed by atoms with Gasteiger partial charge in [0.2, 0.25) is 0 Å². The Kier molecular flexibility index (Phi) is 6.41. The molecule has 0 spiro atoms. The summed E-state index contributed by atoms with van der Waals surface area (Å²) in [6, 6.07) is 14.2. The zero-order valence-electron chi connectivity index (χ0n) is 17.2. The van der Waals surface area contributed by atoms with Crippen LogP contribution in [0.1, 0.15) is 40.7 Å². The summed E-state index contributed by atoms with van der Waals surface area (Å²) >= 11 is 6.18. The van der Waals surface area contributed by atoms with Crippen molar-refractivity contribution in [3.8, 4) is 0 Å². The lowest BCUT2D eigenvalue weighted by molar-refractivity contribution is 0.0746. The summed E-state index contributed by atoms with van der Waals surface area (Å²) in [6.45, 7) is 8.62. The number of halogens is 1. The standard InChI is InChI=1S/C24H30ClN3O/c1-19-5-10-22(25)17-23(19)27-13-15-28(16-14-27)24(29)21-8-6-20(7-9-21)18-26-11-3-2-4-12-26/h5-10,17H,2-4,11-16,18H2,1H3. The van der Waals surface area contributed by atoms with E-state index in [0.29, 0.717) is 0 Å². The molecule has 4 nitrogen and oxygen atoms in total. The second-order valence-corrected chi connectivity index (χ2v) is 8.68. The number of nitrogens with zero attached hydrogens (tertiary/aromatic N) is 3. The Morgan fingerprint density at radius 3 is 2.28 bits per heavy atom. The zero-order valence-corrected chi connectivity index (χ0v) is 18.0. The third kappa shape index (κ3) is 4.93. The molecule has 0 aliphatic carbocycles. The first-order chi connectivity index (χ1) is 14.1. The van der Waals surface area contributed by atoms with Crippen LogP contribution in [0.2, 0.25) is 5.02 Å². The maximum atomic E-state index is 12.9. The lowest BCUT2D eigenvalue weighted by Gasteiger charge is -2.37. The molecule has 2 heterocycles. The van der Waals surface area contributed by atoms with Crippen LogP contribution in [-0.2, 0) is 6.54 Å². The minimum absolute atomic E-state index is 0.136. The highest BCUT2D eigenvalue weighted by atomic mass is 35.5. The monoisotopic (exact) mass is 411 g/mol. The van der Waals surface area contributed by atoms with Gasteiger partial charge in [-0.2, -0.15) is 0 Å². The summed E-state index contributed by atoms with van der Waals surface area (Å²) in [5.74, 6) is 0.136. The number of hydrogen-bond acceptors (Lipinski definition) is 3. The Labute approximate surface area is 179 Å². The minimum Gasteiger partial charge on any atom is -0.368 e. The summed E-state index contributed by atoms with van der Waals surface area (Å²) < 4.78 is 0. The van der Waals surface area contributed by atoms with Crippen molar-refractivity contribution >= 4 is 23.2 Å². The smallest absolute Gasteiger partial charge is 0.253 e. The van der Waals surface area contributed by atoms with E-state index in [-0.39, 0.29) is 5.91 Å². The summed E-state index contributed by atoms with van der Waals surface area (Å²) in [4.78, 5) is 19.7. The van der Waals surface area contributed by atoms with Crippen LogP contribution in [0.4, 0.5) is 5.69 Å². The van der Waals surface area contributed by atoms with Crippen molar-refractivity contribution in [1.82, 2.24) is 9.80 Å². The van der Waals surface area contributed by atoms with E-state index < -0.39 is 0 Å². The fourth-order valence-electron chi connectivity index (χ4n) is 4.38. The lowest BCUT2D eigenvalue weighted by atomic mass is 10.1. The van der Waals surface area contributed by atoms with E-state index in [1.807, 2.05) is 29.2 Å². The molecule has 0 unspecified atom stereocenters. The number of hydrogen-bond donors (Lipinski definition) is 0. The van der Waals surface area contributed by atoms with Gasteiger partial charge in [-0.1, -0.05) is 36.2 Å². The van der Waals surface area contributed by atoms with Gasteiger partial charge in [-0.05, 0) is 68.2 Å². The molecular weight excluding hydrogens is 382 g/mol. The van der Waals surface area contributed by atoms with Crippen LogP contribution in [0.15, 0.2) is 42.5 Å². The maximum Gasteiger partial charge on any atom is 0.253 e. The molecule has 2 aliphatic rings. The van der Waals surface area contributed by atoms with Crippen molar-refractivity contribution < 1.29 is 4.79 Å². The molecule has 4 rings (SSSR count). The van der Waals surface area contributed by atoms with Crippen LogP contribution in [0.25, 0.3) is 0 Å². The van der Waals surface area contributed by atoms with Gasteiger partial charge in [-0.25, -0.2) is 0 Å². The maximum absolute atomic E-state index is 12.9. The Balaban J connectivity index is 1.34. The summed E-state index contributed by atoms with van der Waals surface area (Å²) in [5.41, 5.74) is 4.48. The van der Waals surface area contributed by atoms with E-state index >= 15 is 0 Å². The van der Waals surface area contributed by atoms with E-state index in [9.17, 15) is 4.79 Å². The third-order valence-corrected chi connectivity index (χ3v) is 6.37. The molecular formula is C24H30ClN3O. The molecule has 2 fully saturated rings. The Morgan fingerprint density at radius 1 is 0.897 bits per heavy atom. The third-order valence-electron chi connectivity index (χ3n) is 6.13. The molecule has 29 heavy (non-hydrogen) atoms. The molecule has 0 radical (unpaired) electrons. The van der Waals surface area contributed by atoms with Gasteiger partial charge in [0.05, 0.1) is 0 Å². The first-order valence-corrected chi connectivity index (χ1v) is 11.1. The number of piperidine rings is 1. The van der Waals surface area contributed by atoms with Crippen molar-refractivity contribution in [2.24, 2.45) is 0 Å². The molecule has 1 amide bonds. The first-order valence-electron chi connectivity index (χ1n) is 10.7. The van der Waals surface area contributed by atoms with Gasteiger partial charge >= 0.3 is 0 Å². The molecule has 2 aromatic carbocycles. The van der Waals surface area contributed by atoms with E-state index in [1.165, 1.54) is 49.2 Å². The number of piperazine rings is 1. The first kappa shape index (κ1) is 20.2. The Hall–Kier alpha value is -2.04. The number of aryl methyl sites for hydroxylation is 1. The van der Waals surface area contributed by atoms with Gasteiger partial charge in [0, 0.05) is 49.0 Å². The molecule has 0 aromatic heterocycles. The lowest BCUT2D eigenvalue weighted by Crippen LogP contribution is -2.49. The topological polar surface area (TPSA) is 26.8 Å². The van der Waals surface area contributed by atoms with Crippen LogP contribution in [0.5, 0.6) is 0 Å². The molecule has 0 N–H and O–H groups in total. The van der Waals surface area contributed by atoms with E-state index in [4.69, 9.17) is 11.6 Å². The van der Waals surface area contributed by atoms with Crippen LogP contribution in [0.3, 0.4) is 0 Å². The average molecular weight is 412 g/mol. The number of carbonyl (C=O) groups excluding carboxylic acids is 1. The highest BCUT2D eigenvalue weighted by molar-refractivity contribution is 6.30. The summed E-state index contributed by atoms with van der Waals surface area (Å²) in [5, 5.41) is 0.758. The predicted octanol–water partition coefficient (Wildman–Crippen LogP) is 4.60. The fourth-order valence-corrected chi connectivity index (χ4v) is 4.55. The van der Waals surface area contributed by atoms with E-state index in [1.54, 1.807) is 0 Å². The number of likely N-dealkylation sites (tertiary alicyclic amines) is 1. The van der Waals surface area contributed by atoms with Gasteiger partial charge in [0.15, 0.2) is 0 Å². The van der Waals surface area contributed by atoms with Crippen LogP contribution < -0.4 is 4.90 Å². The quantitative estimate of drug-likeness (QED) is 0.735. The van der Waals surface area contributed by atoms with Gasteiger partial charge in [0.25, 0.3) is 5.91 Å². The second kappa shape index (κ2) is 9.19. The van der Waals surface area contributed by atoms with Gasteiger partial charge in [-0.3, -0.25) is 9.69 Å². The predicted molar refractivity (Wildman–Crippen MR) is 120 cm³/mol. The molecule has 5 heteroatoms. The number of rotatable bonds is 4. The SMILES string of the molecule is Cc1ccc(Cl)cc1N1CCN(C(=O)c2ccc(CN3CCCCC3)cc2)CC1. The number of benzene rings is 2. The fraction of sp³-hybridized carbons (Fsp3) is 0.458. The van der Waals surface area contributed by atoms with Gasteiger partial charge < -0.3 is 9.80 Å². The van der Waals surface area contributed by atoms with Gasteiger partial charge in [0.1, 0.15) is 0 Å². The molecule has 154 valence electrons. The molecule has 0 bridgehead atoms. The highest BCUT2D eigenvalue weighted by Crippen LogP contribution is 2.25. The average Bonchev–Trinajstić information content (AvgIpc) is 2.76. The normalized spacial score (nSPS) is 18.1. The number of anilines is 1. The molecule has 0 saturated carbocycles.